The minimum Gasteiger partial charge on any atom is -0.308 e. The van der Waals surface area contributed by atoms with Crippen LogP contribution in [0.15, 0.2) is 66.7 Å². The molecule has 4 rings (SSSR count). The molecule has 0 bridgehead atoms. The van der Waals surface area contributed by atoms with E-state index in [1.165, 1.54) is 21.9 Å². The molecule has 0 radical (unpaired) electrons. The lowest BCUT2D eigenvalue weighted by Crippen LogP contribution is -2.29. The molecule has 1 aliphatic heterocycles. The fourth-order valence-electron chi connectivity index (χ4n) is 3.47. The summed E-state index contributed by atoms with van der Waals surface area (Å²) in [6.45, 7) is 0.644. The maximum Gasteiger partial charge on any atom is 0.227 e. The minimum absolute atomic E-state index is 0.225. The molecular weight excluding hydrogens is 282 g/mol. The standard InChI is InChI=1S/C21H19NO/c23-21-12-6-11-19-18-10-5-4-9-17(18)13-14-20(19)22(21)15-16-7-2-1-3-8-16/h1-5,7-10,13-14H,6,11-12,15H2. The van der Waals surface area contributed by atoms with Gasteiger partial charge in [0, 0.05) is 12.1 Å². The maximum absolute atomic E-state index is 12.6. The zero-order valence-electron chi connectivity index (χ0n) is 13.0. The Hall–Kier alpha value is -2.61. The van der Waals surface area contributed by atoms with Crippen LogP contribution in [-0.2, 0) is 17.8 Å². The SMILES string of the molecule is O=C1CCCc2c(ccc3ccccc23)N1Cc1ccccc1. The van der Waals surface area contributed by atoms with Gasteiger partial charge in [-0.1, -0.05) is 60.7 Å². The van der Waals surface area contributed by atoms with E-state index in [1.807, 2.05) is 23.1 Å². The number of hydrogen-bond donors (Lipinski definition) is 0. The third-order valence-electron chi connectivity index (χ3n) is 4.61. The van der Waals surface area contributed by atoms with Crippen molar-refractivity contribution in [2.45, 2.75) is 25.8 Å². The highest BCUT2D eigenvalue weighted by Crippen LogP contribution is 2.34. The van der Waals surface area contributed by atoms with Gasteiger partial charge >= 0.3 is 0 Å². The van der Waals surface area contributed by atoms with Gasteiger partial charge < -0.3 is 4.90 Å². The Morgan fingerprint density at radius 3 is 2.48 bits per heavy atom. The van der Waals surface area contributed by atoms with Crippen LogP contribution in [0.5, 0.6) is 0 Å². The van der Waals surface area contributed by atoms with Crippen LogP contribution >= 0.6 is 0 Å². The van der Waals surface area contributed by atoms with Crippen LogP contribution in [0.4, 0.5) is 5.69 Å². The Morgan fingerprint density at radius 1 is 0.826 bits per heavy atom. The number of rotatable bonds is 2. The number of fused-ring (bicyclic) bond motifs is 3. The first kappa shape index (κ1) is 14.0. The van der Waals surface area contributed by atoms with E-state index in [9.17, 15) is 4.79 Å². The van der Waals surface area contributed by atoms with Crippen LogP contribution in [0.2, 0.25) is 0 Å². The normalized spacial score (nSPS) is 14.6. The van der Waals surface area contributed by atoms with Crippen LogP contribution in [0.25, 0.3) is 10.8 Å². The minimum atomic E-state index is 0.225. The van der Waals surface area contributed by atoms with E-state index >= 15 is 0 Å². The number of carbonyl (C=O) groups excluding carboxylic acids is 1. The van der Waals surface area contributed by atoms with E-state index in [0.717, 1.165) is 18.5 Å². The van der Waals surface area contributed by atoms with Crippen molar-refractivity contribution in [3.05, 3.63) is 77.9 Å². The topological polar surface area (TPSA) is 20.3 Å². The van der Waals surface area contributed by atoms with Gasteiger partial charge in [-0.15, -0.1) is 0 Å². The quantitative estimate of drug-likeness (QED) is 0.671. The summed E-state index contributed by atoms with van der Waals surface area (Å²) in [6.07, 6.45) is 2.51. The van der Waals surface area contributed by atoms with E-state index < -0.39 is 0 Å². The molecular formula is C21H19NO. The van der Waals surface area contributed by atoms with Crippen molar-refractivity contribution < 1.29 is 4.79 Å². The zero-order chi connectivity index (χ0) is 15.6. The first-order valence-corrected chi connectivity index (χ1v) is 8.18. The largest absolute Gasteiger partial charge is 0.308 e. The number of aryl methyl sites for hydroxylation is 1. The second kappa shape index (κ2) is 5.88. The molecule has 0 unspecified atom stereocenters. The molecule has 23 heavy (non-hydrogen) atoms. The lowest BCUT2D eigenvalue weighted by molar-refractivity contribution is -0.118. The molecule has 1 amide bonds. The zero-order valence-corrected chi connectivity index (χ0v) is 13.0. The maximum atomic E-state index is 12.6. The number of carbonyl (C=O) groups is 1. The van der Waals surface area contributed by atoms with Crippen LogP contribution in [0.1, 0.15) is 24.0 Å². The van der Waals surface area contributed by atoms with Gasteiger partial charge in [-0.3, -0.25) is 4.79 Å². The summed E-state index contributed by atoms with van der Waals surface area (Å²) in [7, 11) is 0. The summed E-state index contributed by atoms with van der Waals surface area (Å²) < 4.78 is 0. The van der Waals surface area contributed by atoms with Crippen molar-refractivity contribution >= 4 is 22.4 Å². The fraction of sp³-hybridized carbons (Fsp3) is 0.190. The fourth-order valence-corrected chi connectivity index (χ4v) is 3.47. The molecule has 1 aliphatic rings. The van der Waals surface area contributed by atoms with Crippen molar-refractivity contribution in [2.24, 2.45) is 0 Å². The molecule has 0 N–H and O–H groups in total. The number of anilines is 1. The molecule has 114 valence electrons. The summed E-state index contributed by atoms with van der Waals surface area (Å²) >= 11 is 0. The highest BCUT2D eigenvalue weighted by atomic mass is 16.2. The average molecular weight is 301 g/mol. The number of hydrogen-bond acceptors (Lipinski definition) is 1. The van der Waals surface area contributed by atoms with Crippen molar-refractivity contribution in [1.29, 1.82) is 0 Å². The van der Waals surface area contributed by atoms with Crippen LogP contribution < -0.4 is 4.90 Å². The molecule has 0 atom stereocenters. The second-order valence-electron chi connectivity index (χ2n) is 6.10. The van der Waals surface area contributed by atoms with Gasteiger partial charge in [0.1, 0.15) is 0 Å². The third kappa shape index (κ3) is 2.61. The smallest absolute Gasteiger partial charge is 0.227 e. The molecule has 0 saturated carbocycles. The molecule has 0 saturated heterocycles. The molecule has 0 aromatic heterocycles. The van der Waals surface area contributed by atoms with Gasteiger partial charge in [0.05, 0.1) is 6.54 Å². The van der Waals surface area contributed by atoms with Crippen LogP contribution in [-0.4, -0.2) is 5.91 Å². The molecule has 0 spiro atoms. The van der Waals surface area contributed by atoms with E-state index in [0.29, 0.717) is 13.0 Å². The highest BCUT2D eigenvalue weighted by molar-refractivity contribution is 5.99. The number of nitrogens with zero attached hydrogens (tertiary/aromatic N) is 1. The molecule has 2 heteroatoms. The first-order chi connectivity index (χ1) is 11.3. The summed E-state index contributed by atoms with van der Waals surface area (Å²) in [6, 6.07) is 22.9. The van der Waals surface area contributed by atoms with E-state index in [-0.39, 0.29) is 5.91 Å². The lowest BCUT2D eigenvalue weighted by Gasteiger charge is -2.24. The van der Waals surface area contributed by atoms with Gasteiger partial charge in [-0.2, -0.15) is 0 Å². The monoisotopic (exact) mass is 301 g/mol. The highest BCUT2D eigenvalue weighted by Gasteiger charge is 2.23. The van der Waals surface area contributed by atoms with Crippen molar-refractivity contribution in [3.8, 4) is 0 Å². The summed E-state index contributed by atoms with van der Waals surface area (Å²) in [5, 5.41) is 2.53. The Bertz CT molecular complexity index is 854. The number of amides is 1. The van der Waals surface area contributed by atoms with Crippen molar-refractivity contribution in [3.63, 3.8) is 0 Å². The van der Waals surface area contributed by atoms with Crippen LogP contribution in [0, 0.1) is 0 Å². The molecule has 0 fully saturated rings. The Labute approximate surface area is 136 Å². The average Bonchev–Trinajstić information content (AvgIpc) is 2.75. The lowest BCUT2D eigenvalue weighted by atomic mass is 9.99. The predicted molar refractivity (Wildman–Crippen MR) is 94.5 cm³/mol. The van der Waals surface area contributed by atoms with Gasteiger partial charge in [0.15, 0.2) is 0 Å². The van der Waals surface area contributed by atoms with E-state index in [4.69, 9.17) is 0 Å². The van der Waals surface area contributed by atoms with Crippen molar-refractivity contribution in [1.82, 2.24) is 0 Å². The molecule has 3 aromatic carbocycles. The van der Waals surface area contributed by atoms with E-state index in [2.05, 4.69) is 48.5 Å². The molecule has 2 nitrogen and oxygen atoms in total. The number of benzene rings is 3. The first-order valence-electron chi connectivity index (χ1n) is 8.18. The Morgan fingerprint density at radius 2 is 1.61 bits per heavy atom. The van der Waals surface area contributed by atoms with Gasteiger partial charge in [-0.25, -0.2) is 0 Å². The van der Waals surface area contributed by atoms with Crippen molar-refractivity contribution in [2.75, 3.05) is 4.90 Å². The summed E-state index contributed by atoms with van der Waals surface area (Å²) in [4.78, 5) is 14.6. The Kier molecular flexibility index (Phi) is 3.58. The second-order valence-corrected chi connectivity index (χ2v) is 6.10. The molecule has 3 aromatic rings. The van der Waals surface area contributed by atoms with Gasteiger partial charge in [0.2, 0.25) is 5.91 Å². The van der Waals surface area contributed by atoms with Gasteiger partial charge in [-0.05, 0) is 40.8 Å². The van der Waals surface area contributed by atoms with Gasteiger partial charge in [0.25, 0.3) is 0 Å². The van der Waals surface area contributed by atoms with Crippen LogP contribution in [0.3, 0.4) is 0 Å². The Balaban J connectivity index is 1.83. The predicted octanol–water partition coefficient (Wildman–Crippen LogP) is 4.71. The summed E-state index contributed by atoms with van der Waals surface area (Å²) in [5.74, 6) is 0.225. The molecule has 0 aliphatic carbocycles. The summed E-state index contributed by atoms with van der Waals surface area (Å²) in [5.41, 5.74) is 3.56. The molecule has 1 heterocycles. The van der Waals surface area contributed by atoms with E-state index in [1.54, 1.807) is 0 Å². The third-order valence-corrected chi connectivity index (χ3v) is 4.61.